The molecule has 160 valence electrons. The van der Waals surface area contributed by atoms with Crippen LogP contribution in [0.2, 0.25) is 0 Å². The monoisotopic (exact) mass is 413 g/mol. The molecule has 1 aromatic carbocycles. The summed E-state index contributed by atoms with van der Waals surface area (Å²) in [4.78, 5) is 40.3. The summed E-state index contributed by atoms with van der Waals surface area (Å²) >= 11 is 0. The quantitative estimate of drug-likeness (QED) is 0.812. The van der Waals surface area contributed by atoms with E-state index in [1.807, 2.05) is 30.3 Å². The molecule has 1 N–H and O–H groups in total. The predicted molar refractivity (Wildman–Crippen MR) is 112 cm³/mol. The summed E-state index contributed by atoms with van der Waals surface area (Å²) < 4.78 is 6.57. The molecule has 0 bridgehead atoms. The highest BCUT2D eigenvalue weighted by Gasteiger charge is 2.28. The SMILES string of the molecule is CCOC(=O)N1CCN(C(=O)c2cc(NC(=O)C(C)C)n(-c3ccccc3)n2)CC1. The lowest BCUT2D eigenvalue weighted by Gasteiger charge is -2.33. The number of carbonyl (C=O) groups is 3. The summed E-state index contributed by atoms with van der Waals surface area (Å²) in [5.41, 5.74) is 0.977. The number of nitrogens with one attached hydrogen (secondary N) is 1. The molecular weight excluding hydrogens is 386 g/mol. The van der Waals surface area contributed by atoms with Gasteiger partial charge in [-0.15, -0.1) is 0 Å². The third kappa shape index (κ3) is 4.79. The molecule has 0 atom stereocenters. The van der Waals surface area contributed by atoms with Crippen molar-refractivity contribution < 1.29 is 19.1 Å². The van der Waals surface area contributed by atoms with Gasteiger partial charge in [-0.2, -0.15) is 5.10 Å². The van der Waals surface area contributed by atoms with E-state index in [1.54, 1.807) is 41.3 Å². The molecule has 2 aromatic rings. The van der Waals surface area contributed by atoms with Crippen molar-refractivity contribution in [2.24, 2.45) is 5.92 Å². The first-order chi connectivity index (χ1) is 14.4. The zero-order valence-electron chi connectivity index (χ0n) is 17.5. The molecule has 0 spiro atoms. The lowest BCUT2D eigenvalue weighted by molar-refractivity contribution is -0.118. The highest BCUT2D eigenvalue weighted by atomic mass is 16.6. The van der Waals surface area contributed by atoms with Crippen LogP contribution in [-0.2, 0) is 9.53 Å². The average molecular weight is 413 g/mol. The van der Waals surface area contributed by atoms with E-state index in [0.29, 0.717) is 38.6 Å². The second-order valence-corrected chi connectivity index (χ2v) is 7.28. The van der Waals surface area contributed by atoms with Crippen LogP contribution in [-0.4, -0.2) is 70.3 Å². The van der Waals surface area contributed by atoms with Gasteiger partial charge in [-0.1, -0.05) is 32.0 Å². The molecule has 0 saturated carbocycles. The van der Waals surface area contributed by atoms with Crippen molar-refractivity contribution in [1.82, 2.24) is 19.6 Å². The molecule has 2 heterocycles. The number of anilines is 1. The van der Waals surface area contributed by atoms with Gasteiger partial charge in [-0.25, -0.2) is 9.48 Å². The van der Waals surface area contributed by atoms with Crippen LogP contribution in [0.25, 0.3) is 5.69 Å². The molecule has 1 aliphatic heterocycles. The first-order valence-electron chi connectivity index (χ1n) is 10.1. The van der Waals surface area contributed by atoms with Crippen molar-refractivity contribution in [1.29, 1.82) is 0 Å². The number of para-hydroxylation sites is 1. The minimum Gasteiger partial charge on any atom is -0.450 e. The minimum atomic E-state index is -0.364. The van der Waals surface area contributed by atoms with Crippen molar-refractivity contribution in [2.75, 3.05) is 38.1 Å². The second kappa shape index (κ2) is 9.43. The molecule has 3 rings (SSSR count). The van der Waals surface area contributed by atoms with E-state index in [1.165, 1.54) is 0 Å². The number of nitrogens with zero attached hydrogens (tertiary/aromatic N) is 4. The molecular formula is C21H27N5O4. The number of benzene rings is 1. The number of hydrogen-bond donors (Lipinski definition) is 1. The summed E-state index contributed by atoms with van der Waals surface area (Å²) in [5, 5.41) is 7.30. The Morgan fingerprint density at radius 1 is 1.07 bits per heavy atom. The zero-order valence-corrected chi connectivity index (χ0v) is 17.5. The van der Waals surface area contributed by atoms with Crippen LogP contribution in [0.15, 0.2) is 36.4 Å². The third-order valence-electron chi connectivity index (χ3n) is 4.80. The Bertz CT molecular complexity index is 901. The highest BCUT2D eigenvalue weighted by Crippen LogP contribution is 2.20. The Labute approximate surface area is 175 Å². The van der Waals surface area contributed by atoms with Crippen LogP contribution in [0.4, 0.5) is 10.6 Å². The van der Waals surface area contributed by atoms with Crippen molar-refractivity contribution in [3.05, 3.63) is 42.1 Å². The topological polar surface area (TPSA) is 96.8 Å². The van der Waals surface area contributed by atoms with Crippen LogP contribution in [0.1, 0.15) is 31.3 Å². The number of aromatic nitrogens is 2. The summed E-state index contributed by atoms with van der Waals surface area (Å²) in [5.74, 6) is -0.171. The standard InChI is InChI=1S/C21H27N5O4/c1-4-30-21(29)25-12-10-24(11-13-25)20(28)17-14-18(22-19(27)15(2)3)26(23-17)16-8-6-5-7-9-16/h5-9,14-15H,4,10-13H2,1-3H3,(H,22,27). The molecule has 0 radical (unpaired) electrons. The van der Waals surface area contributed by atoms with Gasteiger partial charge in [0.15, 0.2) is 5.69 Å². The van der Waals surface area contributed by atoms with Gasteiger partial charge in [0.25, 0.3) is 5.91 Å². The van der Waals surface area contributed by atoms with Crippen molar-refractivity contribution in [3.8, 4) is 5.69 Å². The van der Waals surface area contributed by atoms with E-state index in [4.69, 9.17) is 4.74 Å². The fourth-order valence-corrected chi connectivity index (χ4v) is 3.08. The molecule has 3 amide bonds. The molecule has 0 aliphatic carbocycles. The Hall–Kier alpha value is -3.36. The average Bonchev–Trinajstić information content (AvgIpc) is 3.17. The lowest BCUT2D eigenvalue weighted by Crippen LogP contribution is -2.50. The molecule has 1 fully saturated rings. The van der Waals surface area contributed by atoms with E-state index in [0.717, 1.165) is 5.69 Å². The Balaban J connectivity index is 1.79. The van der Waals surface area contributed by atoms with Crippen LogP contribution in [0.5, 0.6) is 0 Å². The summed E-state index contributed by atoms with van der Waals surface area (Å²) in [7, 11) is 0. The van der Waals surface area contributed by atoms with Gasteiger partial charge in [0.05, 0.1) is 12.3 Å². The molecule has 1 aromatic heterocycles. The van der Waals surface area contributed by atoms with E-state index in [9.17, 15) is 14.4 Å². The van der Waals surface area contributed by atoms with Crippen LogP contribution < -0.4 is 5.32 Å². The highest BCUT2D eigenvalue weighted by molar-refractivity contribution is 5.96. The van der Waals surface area contributed by atoms with E-state index >= 15 is 0 Å². The van der Waals surface area contributed by atoms with E-state index in [-0.39, 0.29) is 29.5 Å². The first-order valence-corrected chi connectivity index (χ1v) is 10.1. The predicted octanol–water partition coefficient (Wildman–Crippen LogP) is 2.38. The largest absolute Gasteiger partial charge is 0.450 e. The van der Waals surface area contributed by atoms with Crippen molar-refractivity contribution in [2.45, 2.75) is 20.8 Å². The van der Waals surface area contributed by atoms with E-state index in [2.05, 4.69) is 10.4 Å². The van der Waals surface area contributed by atoms with Crippen molar-refractivity contribution in [3.63, 3.8) is 0 Å². The Morgan fingerprint density at radius 3 is 2.30 bits per heavy atom. The number of amides is 3. The molecule has 9 heteroatoms. The van der Waals surface area contributed by atoms with Gasteiger partial charge in [0, 0.05) is 38.2 Å². The second-order valence-electron chi connectivity index (χ2n) is 7.28. The first kappa shape index (κ1) is 21.4. The normalized spacial score (nSPS) is 14.0. The van der Waals surface area contributed by atoms with Gasteiger partial charge in [0.2, 0.25) is 5.91 Å². The van der Waals surface area contributed by atoms with Crippen LogP contribution >= 0.6 is 0 Å². The summed E-state index contributed by atoms with van der Waals surface area (Å²) in [6, 6.07) is 10.9. The number of piperazine rings is 1. The molecule has 1 saturated heterocycles. The maximum atomic E-state index is 13.0. The third-order valence-corrected chi connectivity index (χ3v) is 4.80. The summed E-state index contributed by atoms with van der Waals surface area (Å²) in [6.07, 6.45) is -0.364. The van der Waals surface area contributed by atoms with Gasteiger partial charge < -0.3 is 19.9 Å². The minimum absolute atomic E-state index is 0.158. The number of carbonyl (C=O) groups excluding carboxylic acids is 3. The number of hydrogen-bond acceptors (Lipinski definition) is 5. The van der Waals surface area contributed by atoms with Crippen LogP contribution in [0, 0.1) is 5.92 Å². The maximum absolute atomic E-state index is 13.0. The molecule has 1 aliphatic rings. The van der Waals surface area contributed by atoms with Gasteiger partial charge >= 0.3 is 6.09 Å². The van der Waals surface area contributed by atoms with Crippen molar-refractivity contribution >= 4 is 23.7 Å². The van der Waals surface area contributed by atoms with E-state index < -0.39 is 0 Å². The van der Waals surface area contributed by atoms with Crippen LogP contribution in [0.3, 0.4) is 0 Å². The molecule has 0 unspecified atom stereocenters. The molecule has 30 heavy (non-hydrogen) atoms. The number of rotatable bonds is 5. The number of ether oxygens (including phenoxy) is 1. The fraction of sp³-hybridized carbons (Fsp3) is 0.429. The fourth-order valence-electron chi connectivity index (χ4n) is 3.08. The van der Waals surface area contributed by atoms with Gasteiger partial charge in [0.1, 0.15) is 5.82 Å². The lowest BCUT2D eigenvalue weighted by atomic mass is 10.2. The van der Waals surface area contributed by atoms with Gasteiger partial charge in [-0.05, 0) is 19.1 Å². The maximum Gasteiger partial charge on any atom is 0.409 e. The van der Waals surface area contributed by atoms with Gasteiger partial charge in [-0.3, -0.25) is 9.59 Å². The Morgan fingerprint density at radius 2 is 1.70 bits per heavy atom. The summed E-state index contributed by atoms with van der Waals surface area (Å²) in [6.45, 7) is 7.27. The molecule has 9 nitrogen and oxygen atoms in total. The smallest absolute Gasteiger partial charge is 0.409 e. The Kier molecular flexibility index (Phi) is 6.71. The zero-order chi connectivity index (χ0) is 21.7.